The molecular formula is C20H31BrN2O3. The van der Waals surface area contributed by atoms with E-state index in [1.54, 1.807) is 4.90 Å². The molecule has 1 aliphatic rings. The van der Waals surface area contributed by atoms with Gasteiger partial charge in [0.15, 0.2) is 0 Å². The van der Waals surface area contributed by atoms with Gasteiger partial charge in [0.25, 0.3) is 0 Å². The minimum atomic E-state index is -0.456. The number of likely N-dealkylation sites (tertiary alicyclic amines) is 1. The molecule has 1 amide bonds. The Kier molecular flexibility index (Phi) is 7.35. The summed E-state index contributed by atoms with van der Waals surface area (Å²) in [5, 5.41) is 0. The number of rotatable bonds is 5. The molecule has 0 unspecified atom stereocenters. The number of para-hydroxylation sites is 1. The van der Waals surface area contributed by atoms with Gasteiger partial charge in [-0.15, -0.1) is 0 Å². The van der Waals surface area contributed by atoms with Crippen LogP contribution in [0.5, 0.6) is 5.75 Å². The number of hydrogen-bond donors (Lipinski definition) is 0. The average Bonchev–Trinajstić information content (AvgIpc) is 2.56. The van der Waals surface area contributed by atoms with Crippen molar-refractivity contribution in [2.24, 2.45) is 0 Å². The van der Waals surface area contributed by atoms with Gasteiger partial charge in [0.1, 0.15) is 11.4 Å². The van der Waals surface area contributed by atoms with Crippen molar-refractivity contribution in [1.82, 2.24) is 9.80 Å². The van der Waals surface area contributed by atoms with Crippen molar-refractivity contribution in [3.63, 3.8) is 0 Å². The van der Waals surface area contributed by atoms with Gasteiger partial charge in [0.2, 0.25) is 0 Å². The lowest BCUT2D eigenvalue weighted by Gasteiger charge is -2.37. The third-order valence-electron chi connectivity index (χ3n) is 4.52. The van der Waals surface area contributed by atoms with Gasteiger partial charge >= 0.3 is 6.09 Å². The van der Waals surface area contributed by atoms with Crippen molar-refractivity contribution >= 4 is 22.0 Å². The number of ether oxygens (including phenoxy) is 2. The maximum atomic E-state index is 12.3. The molecule has 1 fully saturated rings. The summed E-state index contributed by atoms with van der Waals surface area (Å²) >= 11 is 3.58. The Balaban J connectivity index is 1.91. The quantitative estimate of drug-likeness (QED) is 0.685. The molecule has 1 aromatic rings. The zero-order valence-electron chi connectivity index (χ0n) is 16.5. The number of nitrogens with zero attached hydrogens (tertiary/aromatic N) is 2. The Bertz CT molecular complexity index is 608. The van der Waals surface area contributed by atoms with Gasteiger partial charge in [-0.25, -0.2) is 4.79 Å². The van der Waals surface area contributed by atoms with Gasteiger partial charge in [0, 0.05) is 38.3 Å². The van der Waals surface area contributed by atoms with E-state index in [1.165, 1.54) is 5.56 Å². The molecule has 6 heteroatoms. The fourth-order valence-corrected chi connectivity index (χ4v) is 3.69. The van der Waals surface area contributed by atoms with Crippen molar-refractivity contribution in [3.05, 3.63) is 28.2 Å². The summed E-state index contributed by atoms with van der Waals surface area (Å²) in [4.78, 5) is 16.4. The number of benzene rings is 1. The molecule has 1 saturated heterocycles. The van der Waals surface area contributed by atoms with E-state index in [4.69, 9.17) is 9.47 Å². The van der Waals surface area contributed by atoms with E-state index in [0.29, 0.717) is 6.61 Å². The van der Waals surface area contributed by atoms with Crippen LogP contribution >= 0.6 is 15.9 Å². The van der Waals surface area contributed by atoms with Crippen molar-refractivity contribution in [3.8, 4) is 5.75 Å². The third-order valence-corrected chi connectivity index (χ3v) is 5.14. The van der Waals surface area contributed by atoms with Gasteiger partial charge in [-0.1, -0.05) is 12.1 Å². The second kappa shape index (κ2) is 9.09. The van der Waals surface area contributed by atoms with Gasteiger partial charge < -0.3 is 14.4 Å². The first-order chi connectivity index (χ1) is 12.2. The highest BCUT2D eigenvalue weighted by molar-refractivity contribution is 9.10. The normalized spacial score (nSPS) is 16.4. The number of carbonyl (C=O) groups is 1. The maximum Gasteiger partial charge on any atom is 0.410 e. The summed E-state index contributed by atoms with van der Waals surface area (Å²) in [6.07, 6.45) is 1.67. The van der Waals surface area contributed by atoms with Gasteiger partial charge in [-0.05, 0) is 62.5 Å². The predicted molar refractivity (Wildman–Crippen MR) is 108 cm³/mol. The highest BCUT2D eigenvalue weighted by Crippen LogP contribution is 2.31. The first-order valence-corrected chi connectivity index (χ1v) is 10.1. The SMILES string of the molecule is CCOc1c(Br)cccc1CN1CCC(N(C)C(=O)OC(C)(C)C)CC1. The first-order valence-electron chi connectivity index (χ1n) is 9.29. The fourth-order valence-electron chi connectivity index (χ4n) is 3.17. The standard InChI is InChI=1S/C20H31BrN2O3/c1-6-25-18-15(8-7-9-17(18)21)14-23-12-10-16(11-13-23)22(5)19(24)26-20(2,3)4/h7-9,16H,6,10-14H2,1-5H3. The van der Waals surface area contributed by atoms with Crippen LogP contribution in [0.3, 0.4) is 0 Å². The minimum absolute atomic E-state index is 0.231. The molecular weight excluding hydrogens is 396 g/mol. The van der Waals surface area contributed by atoms with E-state index in [2.05, 4.69) is 26.9 Å². The van der Waals surface area contributed by atoms with Crippen LogP contribution in [0.25, 0.3) is 0 Å². The highest BCUT2D eigenvalue weighted by atomic mass is 79.9. The van der Waals surface area contributed by atoms with Crippen molar-refractivity contribution in [2.75, 3.05) is 26.7 Å². The highest BCUT2D eigenvalue weighted by Gasteiger charge is 2.28. The van der Waals surface area contributed by atoms with Crippen molar-refractivity contribution < 1.29 is 14.3 Å². The monoisotopic (exact) mass is 426 g/mol. The van der Waals surface area contributed by atoms with E-state index in [-0.39, 0.29) is 12.1 Å². The predicted octanol–water partition coefficient (Wildman–Crippen LogP) is 4.68. The molecule has 0 saturated carbocycles. The fraction of sp³-hybridized carbons (Fsp3) is 0.650. The Labute approximate surface area is 165 Å². The largest absolute Gasteiger partial charge is 0.492 e. The lowest BCUT2D eigenvalue weighted by molar-refractivity contribution is 0.0148. The second-order valence-electron chi connectivity index (χ2n) is 7.76. The smallest absolute Gasteiger partial charge is 0.410 e. The van der Waals surface area contributed by atoms with E-state index in [1.807, 2.05) is 46.9 Å². The van der Waals surface area contributed by atoms with Gasteiger partial charge in [0.05, 0.1) is 11.1 Å². The Hall–Kier alpha value is -1.27. The lowest BCUT2D eigenvalue weighted by Crippen LogP contribution is -2.46. The molecule has 2 rings (SSSR count). The summed E-state index contributed by atoms with van der Waals surface area (Å²) in [6, 6.07) is 6.41. The molecule has 5 nitrogen and oxygen atoms in total. The number of amides is 1. The van der Waals surface area contributed by atoms with Crippen LogP contribution in [0, 0.1) is 0 Å². The molecule has 1 aliphatic heterocycles. The number of carbonyl (C=O) groups excluding carboxylic acids is 1. The van der Waals surface area contributed by atoms with Crippen LogP contribution < -0.4 is 4.74 Å². The zero-order valence-corrected chi connectivity index (χ0v) is 18.1. The molecule has 0 aromatic heterocycles. The summed E-state index contributed by atoms with van der Waals surface area (Å²) in [5.74, 6) is 0.933. The van der Waals surface area contributed by atoms with E-state index in [9.17, 15) is 4.79 Å². The van der Waals surface area contributed by atoms with Crippen LogP contribution in [-0.4, -0.2) is 54.3 Å². The van der Waals surface area contributed by atoms with E-state index >= 15 is 0 Å². The molecule has 0 radical (unpaired) electrons. The van der Waals surface area contributed by atoms with Gasteiger partial charge in [-0.2, -0.15) is 0 Å². The molecule has 0 aliphatic carbocycles. The Morgan fingerprint density at radius 1 is 1.31 bits per heavy atom. The van der Waals surface area contributed by atoms with Crippen LogP contribution in [0.4, 0.5) is 4.79 Å². The molecule has 1 heterocycles. The molecule has 1 aromatic carbocycles. The molecule has 0 atom stereocenters. The van der Waals surface area contributed by atoms with Crippen molar-refractivity contribution in [1.29, 1.82) is 0 Å². The lowest BCUT2D eigenvalue weighted by atomic mass is 10.0. The average molecular weight is 427 g/mol. The summed E-state index contributed by atoms with van der Waals surface area (Å²) in [5.41, 5.74) is 0.739. The summed E-state index contributed by atoms with van der Waals surface area (Å²) in [7, 11) is 1.84. The van der Waals surface area contributed by atoms with E-state index in [0.717, 1.165) is 42.7 Å². The number of halogens is 1. The Morgan fingerprint density at radius 3 is 2.54 bits per heavy atom. The first kappa shape index (κ1) is 21.0. The summed E-state index contributed by atoms with van der Waals surface area (Å²) < 4.78 is 12.3. The van der Waals surface area contributed by atoms with E-state index < -0.39 is 5.60 Å². The molecule has 0 bridgehead atoms. The molecule has 26 heavy (non-hydrogen) atoms. The summed E-state index contributed by atoms with van der Waals surface area (Å²) in [6.45, 7) is 11.1. The van der Waals surface area contributed by atoms with Crippen molar-refractivity contribution in [2.45, 2.75) is 58.7 Å². The minimum Gasteiger partial charge on any atom is -0.492 e. The zero-order chi connectivity index (χ0) is 19.3. The number of piperidine rings is 1. The van der Waals surface area contributed by atoms with Crippen LogP contribution in [0.1, 0.15) is 46.1 Å². The van der Waals surface area contributed by atoms with Crippen LogP contribution in [0.2, 0.25) is 0 Å². The second-order valence-corrected chi connectivity index (χ2v) is 8.61. The third kappa shape index (κ3) is 5.88. The van der Waals surface area contributed by atoms with Crippen LogP contribution in [0.15, 0.2) is 22.7 Å². The number of hydrogen-bond acceptors (Lipinski definition) is 4. The van der Waals surface area contributed by atoms with Gasteiger partial charge in [-0.3, -0.25) is 4.90 Å². The molecule has 146 valence electrons. The topological polar surface area (TPSA) is 42.0 Å². The van der Waals surface area contributed by atoms with Crippen LogP contribution in [-0.2, 0) is 11.3 Å². The maximum absolute atomic E-state index is 12.3. The molecule has 0 N–H and O–H groups in total. The Morgan fingerprint density at radius 2 is 1.96 bits per heavy atom. The molecule has 0 spiro atoms.